The van der Waals surface area contributed by atoms with Gasteiger partial charge in [0.15, 0.2) is 0 Å². The number of carbonyl (C=O) groups is 1. The van der Waals surface area contributed by atoms with E-state index in [0.29, 0.717) is 12.3 Å². The third-order valence-corrected chi connectivity index (χ3v) is 5.76. The van der Waals surface area contributed by atoms with Crippen LogP contribution in [0, 0.1) is 11.8 Å². The van der Waals surface area contributed by atoms with Crippen LogP contribution in [0.3, 0.4) is 0 Å². The Morgan fingerprint density at radius 3 is 2.56 bits per heavy atom. The normalized spacial score (nSPS) is 17.0. The van der Waals surface area contributed by atoms with Crippen LogP contribution in [-0.2, 0) is 14.6 Å². The molecule has 1 fully saturated rings. The number of piperidine rings is 1. The summed E-state index contributed by atoms with van der Waals surface area (Å²) in [6, 6.07) is 4.97. The van der Waals surface area contributed by atoms with Crippen LogP contribution >= 0.6 is 12.4 Å². The molecule has 0 aromatic heterocycles. The number of nitrogens with one attached hydrogen (secondary N) is 2. The third-order valence-electron chi connectivity index (χ3n) is 4.38. The van der Waals surface area contributed by atoms with E-state index in [1.165, 1.54) is 12.1 Å². The van der Waals surface area contributed by atoms with Crippen molar-refractivity contribution in [2.45, 2.75) is 36.8 Å². The molecule has 25 heavy (non-hydrogen) atoms. The molecule has 1 aromatic carbocycles. The van der Waals surface area contributed by atoms with E-state index < -0.39 is 20.5 Å². The van der Waals surface area contributed by atoms with E-state index in [1.807, 2.05) is 6.92 Å². The number of amides is 1. The molecule has 0 bridgehead atoms. The number of hydrogen-bond acceptors (Lipinski definition) is 4. The molecular formula is C16H23ClF2N2O3S. The Balaban J connectivity index is 0.00000312. The van der Waals surface area contributed by atoms with Crippen LogP contribution in [0.1, 0.15) is 26.2 Å². The topological polar surface area (TPSA) is 75.3 Å². The highest BCUT2D eigenvalue weighted by atomic mass is 35.5. The summed E-state index contributed by atoms with van der Waals surface area (Å²) in [5, 5.41) is 5.87. The molecule has 0 radical (unpaired) electrons. The van der Waals surface area contributed by atoms with Gasteiger partial charge >= 0.3 is 5.76 Å². The molecule has 1 aliphatic rings. The molecule has 142 valence electrons. The molecule has 0 saturated carbocycles. The van der Waals surface area contributed by atoms with Gasteiger partial charge in [0.2, 0.25) is 15.7 Å². The maximum absolute atomic E-state index is 12.6. The molecule has 1 unspecified atom stereocenters. The molecule has 0 spiro atoms. The second-order valence-electron chi connectivity index (χ2n) is 6.15. The molecule has 2 N–H and O–H groups in total. The quantitative estimate of drug-likeness (QED) is 0.774. The van der Waals surface area contributed by atoms with Gasteiger partial charge in [-0.2, -0.15) is 8.78 Å². The summed E-state index contributed by atoms with van der Waals surface area (Å²) in [7, 11) is -4.67. The summed E-state index contributed by atoms with van der Waals surface area (Å²) in [6.45, 7) is 3.92. The number of benzene rings is 1. The second kappa shape index (κ2) is 9.45. The first-order valence-corrected chi connectivity index (χ1v) is 9.48. The van der Waals surface area contributed by atoms with Gasteiger partial charge < -0.3 is 10.6 Å². The number of alkyl halides is 2. The van der Waals surface area contributed by atoms with Crippen molar-refractivity contribution in [2.75, 3.05) is 18.4 Å². The van der Waals surface area contributed by atoms with Gasteiger partial charge in [-0.3, -0.25) is 4.79 Å². The Hall–Kier alpha value is -1.25. The van der Waals surface area contributed by atoms with E-state index in [2.05, 4.69) is 10.6 Å². The number of hydrogen-bond donors (Lipinski definition) is 2. The Kier molecular flexibility index (Phi) is 8.24. The zero-order valence-electron chi connectivity index (χ0n) is 13.9. The molecule has 0 aliphatic carbocycles. The third kappa shape index (κ3) is 5.90. The monoisotopic (exact) mass is 396 g/mol. The van der Waals surface area contributed by atoms with Crippen LogP contribution in [0.15, 0.2) is 29.2 Å². The number of sulfone groups is 1. The van der Waals surface area contributed by atoms with Crippen molar-refractivity contribution in [2.24, 2.45) is 11.8 Å². The van der Waals surface area contributed by atoms with Gasteiger partial charge in [-0.1, -0.05) is 13.0 Å². The molecule has 5 nitrogen and oxygen atoms in total. The van der Waals surface area contributed by atoms with Crippen LogP contribution in [0.25, 0.3) is 0 Å². The molecule has 1 aromatic rings. The molecule has 9 heteroatoms. The maximum atomic E-state index is 12.6. The minimum absolute atomic E-state index is 0. The lowest BCUT2D eigenvalue weighted by molar-refractivity contribution is -0.117. The Bertz CT molecular complexity index is 680. The summed E-state index contributed by atoms with van der Waals surface area (Å²) >= 11 is 0. The zero-order chi connectivity index (χ0) is 17.7. The van der Waals surface area contributed by atoms with Gasteiger partial charge in [0, 0.05) is 12.1 Å². The fourth-order valence-corrected chi connectivity index (χ4v) is 3.70. The largest absolute Gasteiger partial charge is 0.341 e. The van der Waals surface area contributed by atoms with Crippen molar-refractivity contribution in [3.8, 4) is 0 Å². The summed E-state index contributed by atoms with van der Waals surface area (Å²) in [5.41, 5.74) is 0.208. The molecule has 1 heterocycles. The Labute approximate surface area is 152 Å². The molecular weight excluding hydrogens is 374 g/mol. The van der Waals surface area contributed by atoms with Crippen LogP contribution in [0.5, 0.6) is 0 Å². The van der Waals surface area contributed by atoms with E-state index >= 15 is 0 Å². The van der Waals surface area contributed by atoms with E-state index in [0.717, 1.165) is 38.1 Å². The standard InChI is InChI=1S/C16H22F2N2O3S.ClH/c1-11(12-5-7-19-8-6-12)9-15(21)20-13-3-2-4-14(10-13)24(22,23)16(17)18;/h2-4,10-12,16,19H,5-9H2,1H3,(H,20,21);1H. The Morgan fingerprint density at radius 1 is 1.32 bits per heavy atom. The maximum Gasteiger partial charge on any atom is 0.341 e. The van der Waals surface area contributed by atoms with Crippen molar-refractivity contribution in [1.82, 2.24) is 5.32 Å². The summed E-state index contributed by atoms with van der Waals surface area (Å²) in [5.74, 6) is -3.04. The zero-order valence-corrected chi connectivity index (χ0v) is 15.5. The van der Waals surface area contributed by atoms with Crippen molar-refractivity contribution in [3.63, 3.8) is 0 Å². The first kappa shape index (κ1) is 21.8. The number of anilines is 1. The van der Waals surface area contributed by atoms with Crippen LogP contribution in [-0.4, -0.2) is 33.2 Å². The van der Waals surface area contributed by atoms with Gasteiger partial charge in [-0.15, -0.1) is 12.4 Å². The molecule has 1 amide bonds. The average molecular weight is 397 g/mol. The van der Waals surface area contributed by atoms with Crippen LogP contribution in [0.2, 0.25) is 0 Å². The number of halogens is 3. The molecule has 1 aliphatic heterocycles. The number of rotatable bonds is 6. The molecule has 2 rings (SSSR count). The fraction of sp³-hybridized carbons (Fsp3) is 0.562. The minimum atomic E-state index is -4.67. The smallest absolute Gasteiger partial charge is 0.326 e. The molecule has 1 atom stereocenters. The van der Waals surface area contributed by atoms with E-state index in [9.17, 15) is 22.0 Å². The van der Waals surface area contributed by atoms with Crippen LogP contribution in [0.4, 0.5) is 14.5 Å². The predicted octanol–water partition coefficient (Wildman–Crippen LogP) is 3.07. The summed E-state index contributed by atoms with van der Waals surface area (Å²) in [6.07, 6.45) is 2.36. The summed E-state index contributed by atoms with van der Waals surface area (Å²) in [4.78, 5) is 11.6. The van der Waals surface area contributed by atoms with Crippen molar-refractivity contribution in [3.05, 3.63) is 24.3 Å². The van der Waals surface area contributed by atoms with Gasteiger partial charge in [0.25, 0.3) is 0 Å². The lowest BCUT2D eigenvalue weighted by Gasteiger charge is -2.27. The lowest BCUT2D eigenvalue weighted by atomic mass is 9.84. The van der Waals surface area contributed by atoms with E-state index in [1.54, 1.807) is 0 Å². The van der Waals surface area contributed by atoms with Crippen LogP contribution < -0.4 is 10.6 Å². The van der Waals surface area contributed by atoms with E-state index in [4.69, 9.17) is 0 Å². The predicted molar refractivity (Wildman–Crippen MR) is 94.9 cm³/mol. The second-order valence-corrected chi connectivity index (χ2v) is 8.07. The lowest BCUT2D eigenvalue weighted by Crippen LogP contribution is -2.32. The van der Waals surface area contributed by atoms with Gasteiger partial charge in [-0.05, 0) is 56.0 Å². The highest BCUT2D eigenvalue weighted by Crippen LogP contribution is 2.25. The molecule has 1 saturated heterocycles. The van der Waals surface area contributed by atoms with E-state index in [-0.39, 0.29) is 29.9 Å². The van der Waals surface area contributed by atoms with Gasteiger partial charge in [-0.25, -0.2) is 8.42 Å². The average Bonchev–Trinajstić information content (AvgIpc) is 2.55. The van der Waals surface area contributed by atoms with Crippen molar-refractivity contribution < 1.29 is 22.0 Å². The highest BCUT2D eigenvalue weighted by Gasteiger charge is 2.27. The first-order valence-electron chi connectivity index (χ1n) is 7.93. The number of carbonyl (C=O) groups excluding carboxylic acids is 1. The highest BCUT2D eigenvalue weighted by molar-refractivity contribution is 7.91. The minimum Gasteiger partial charge on any atom is -0.326 e. The van der Waals surface area contributed by atoms with Gasteiger partial charge in [0.05, 0.1) is 4.90 Å². The SMILES string of the molecule is CC(CC(=O)Nc1cccc(S(=O)(=O)C(F)F)c1)C1CCNCC1.Cl. The summed E-state index contributed by atoms with van der Waals surface area (Å²) < 4.78 is 48.2. The Morgan fingerprint density at radius 2 is 1.96 bits per heavy atom. The van der Waals surface area contributed by atoms with Crippen molar-refractivity contribution in [1.29, 1.82) is 0 Å². The first-order chi connectivity index (χ1) is 11.3. The van der Waals surface area contributed by atoms with Gasteiger partial charge in [0.1, 0.15) is 0 Å². The fourth-order valence-electron chi connectivity index (χ4n) is 2.94. The van der Waals surface area contributed by atoms with Crippen molar-refractivity contribution >= 4 is 33.8 Å².